The first-order valence-corrected chi connectivity index (χ1v) is 8.38. The maximum atomic E-state index is 6.28. The minimum absolute atomic E-state index is 0.434. The normalized spacial score (nSPS) is 27.5. The summed E-state index contributed by atoms with van der Waals surface area (Å²) in [5.41, 5.74) is 11.1. The SMILES string of the molecule is CN1CCCC2C(c3cccc(N)c3)c3ccc(Cl)cc3C21. The van der Waals surface area contributed by atoms with Crippen molar-refractivity contribution in [1.82, 2.24) is 4.90 Å². The van der Waals surface area contributed by atoms with Gasteiger partial charge in [0.25, 0.3) is 0 Å². The van der Waals surface area contributed by atoms with Crippen molar-refractivity contribution in [2.75, 3.05) is 19.3 Å². The van der Waals surface area contributed by atoms with E-state index in [2.05, 4.69) is 42.3 Å². The van der Waals surface area contributed by atoms with Crippen LogP contribution in [0, 0.1) is 5.92 Å². The molecule has 22 heavy (non-hydrogen) atoms. The van der Waals surface area contributed by atoms with Crippen molar-refractivity contribution in [2.24, 2.45) is 5.92 Å². The monoisotopic (exact) mass is 312 g/mol. The Balaban J connectivity index is 1.88. The topological polar surface area (TPSA) is 29.3 Å². The lowest BCUT2D eigenvalue weighted by atomic mass is 9.80. The van der Waals surface area contributed by atoms with Crippen molar-refractivity contribution in [3.63, 3.8) is 0 Å². The standard InChI is InChI=1S/C19H21ClN2/c1-22-9-3-6-16-18(12-4-2-5-14(21)10-12)15-8-7-13(20)11-17(15)19(16)22/h2,4-5,7-8,10-11,16,18-19H,3,6,9,21H2,1H3. The van der Waals surface area contributed by atoms with E-state index in [0.717, 1.165) is 17.3 Å². The number of benzene rings is 2. The lowest BCUT2D eigenvalue weighted by Crippen LogP contribution is -2.34. The van der Waals surface area contributed by atoms with Gasteiger partial charge in [-0.3, -0.25) is 4.90 Å². The number of rotatable bonds is 1. The van der Waals surface area contributed by atoms with Gasteiger partial charge in [0.2, 0.25) is 0 Å². The molecule has 0 aromatic heterocycles. The molecule has 1 fully saturated rings. The molecule has 0 radical (unpaired) electrons. The first-order valence-electron chi connectivity index (χ1n) is 8.00. The number of fused-ring (bicyclic) bond motifs is 3. The van der Waals surface area contributed by atoms with E-state index in [4.69, 9.17) is 17.3 Å². The van der Waals surface area contributed by atoms with Gasteiger partial charge in [-0.15, -0.1) is 0 Å². The summed E-state index contributed by atoms with van der Waals surface area (Å²) in [6, 6.07) is 15.3. The number of nitrogen functional groups attached to an aromatic ring is 1. The van der Waals surface area contributed by atoms with Crippen LogP contribution in [0.5, 0.6) is 0 Å². The molecule has 2 aromatic rings. The number of nitrogens with two attached hydrogens (primary N) is 1. The number of anilines is 1. The highest BCUT2D eigenvalue weighted by Gasteiger charge is 2.44. The second-order valence-electron chi connectivity index (χ2n) is 6.65. The first kappa shape index (κ1) is 14.1. The quantitative estimate of drug-likeness (QED) is 0.788. The largest absolute Gasteiger partial charge is 0.399 e. The van der Waals surface area contributed by atoms with Crippen LogP contribution in [0.2, 0.25) is 5.02 Å². The fourth-order valence-corrected chi connectivity index (χ4v) is 4.69. The van der Waals surface area contributed by atoms with E-state index in [-0.39, 0.29) is 0 Å². The molecule has 1 saturated heterocycles. The lowest BCUT2D eigenvalue weighted by Gasteiger charge is -2.37. The molecule has 1 heterocycles. The maximum Gasteiger partial charge on any atom is 0.0409 e. The molecule has 3 atom stereocenters. The lowest BCUT2D eigenvalue weighted by molar-refractivity contribution is 0.127. The smallest absolute Gasteiger partial charge is 0.0409 e. The highest BCUT2D eigenvalue weighted by Crippen LogP contribution is 2.54. The Kier molecular flexibility index (Phi) is 3.39. The Bertz CT molecular complexity index is 712. The highest BCUT2D eigenvalue weighted by molar-refractivity contribution is 6.30. The fraction of sp³-hybridized carbons (Fsp3) is 0.368. The van der Waals surface area contributed by atoms with Crippen molar-refractivity contribution in [3.8, 4) is 0 Å². The van der Waals surface area contributed by atoms with Gasteiger partial charge in [0.15, 0.2) is 0 Å². The molecule has 114 valence electrons. The molecule has 0 amide bonds. The van der Waals surface area contributed by atoms with Crippen LogP contribution in [0.4, 0.5) is 5.69 Å². The average Bonchev–Trinajstić information content (AvgIpc) is 2.82. The Morgan fingerprint density at radius 1 is 1.14 bits per heavy atom. The molecule has 2 nitrogen and oxygen atoms in total. The minimum atomic E-state index is 0.434. The van der Waals surface area contributed by atoms with Crippen molar-refractivity contribution < 1.29 is 0 Å². The van der Waals surface area contributed by atoms with E-state index >= 15 is 0 Å². The molecule has 1 aliphatic carbocycles. The van der Waals surface area contributed by atoms with E-state index in [9.17, 15) is 0 Å². The fourth-order valence-electron chi connectivity index (χ4n) is 4.51. The van der Waals surface area contributed by atoms with Gasteiger partial charge in [0.05, 0.1) is 0 Å². The Labute approximate surface area is 136 Å². The van der Waals surface area contributed by atoms with Crippen molar-refractivity contribution in [1.29, 1.82) is 0 Å². The zero-order valence-electron chi connectivity index (χ0n) is 12.8. The van der Waals surface area contributed by atoms with Gasteiger partial charge < -0.3 is 5.73 Å². The molecule has 3 unspecified atom stereocenters. The van der Waals surface area contributed by atoms with Gasteiger partial charge in [0.1, 0.15) is 0 Å². The second kappa shape index (κ2) is 5.29. The second-order valence-corrected chi connectivity index (χ2v) is 7.09. The van der Waals surface area contributed by atoms with Gasteiger partial charge in [-0.25, -0.2) is 0 Å². The number of likely N-dealkylation sites (tertiary alicyclic amines) is 1. The van der Waals surface area contributed by atoms with Crippen LogP contribution in [0.25, 0.3) is 0 Å². The Hall–Kier alpha value is -1.51. The van der Waals surface area contributed by atoms with Crippen molar-refractivity contribution >= 4 is 17.3 Å². The summed E-state index contributed by atoms with van der Waals surface area (Å²) in [6.45, 7) is 1.16. The van der Waals surface area contributed by atoms with Crippen LogP contribution >= 0.6 is 11.6 Å². The molecule has 3 heteroatoms. The van der Waals surface area contributed by atoms with E-state index in [0.29, 0.717) is 17.9 Å². The predicted molar refractivity (Wildman–Crippen MR) is 92.2 cm³/mol. The van der Waals surface area contributed by atoms with Crippen molar-refractivity contribution in [3.05, 3.63) is 64.2 Å². The molecule has 4 rings (SSSR count). The van der Waals surface area contributed by atoms with Gasteiger partial charge >= 0.3 is 0 Å². The molecular weight excluding hydrogens is 292 g/mol. The molecule has 2 aliphatic rings. The van der Waals surface area contributed by atoms with Gasteiger partial charge in [-0.1, -0.05) is 29.8 Å². The van der Waals surface area contributed by atoms with Crippen LogP contribution in [0.15, 0.2) is 42.5 Å². The summed E-state index contributed by atoms with van der Waals surface area (Å²) in [5.74, 6) is 1.05. The predicted octanol–water partition coefficient (Wildman–Crippen LogP) is 4.45. The summed E-state index contributed by atoms with van der Waals surface area (Å²) in [6.07, 6.45) is 2.53. The summed E-state index contributed by atoms with van der Waals surface area (Å²) in [5, 5.41) is 0.838. The summed E-state index contributed by atoms with van der Waals surface area (Å²) < 4.78 is 0. The third kappa shape index (κ3) is 2.13. The summed E-state index contributed by atoms with van der Waals surface area (Å²) in [4.78, 5) is 2.50. The number of hydrogen-bond donors (Lipinski definition) is 1. The zero-order valence-corrected chi connectivity index (χ0v) is 13.6. The first-order chi connectivity index (χ1) is 10.6. The van der Waals surface area contributed by atoms with Crippen LogP contribution in [-0.4, -0.2) is 18.5 Å². The van der Waals surface area contributed by atoms with Gasteiger partial charge in [-0.2, -0.15) is 0 Å². The third-order valence-electron chi connectivity index (χ3n) is 5.33. The number of hydrogen-bond acceptors (Lipinski definition) is 2. The molecule has 1 aliphatic heterocycles. The Morgan fingerprint density at radius 2 is 2.00 bits per heavy atom. The minimum Gasteiger partial charge on any atom is -0.399 e. The number of nitrogens with zero attached hydrogens (tertiary/aromatic N) is 1. The zero-order chi connectivity index (χ0) is 15.3. The van der Waals surface area contributed by atoms with Crippen LogP contribution < -0.4 is 5.73 Å². The van der Waals surface area contributed by atoms with E-state index in [1.54, 1.807) is 0 Å². The number of piperidine rings is 1. The van der Waals surface area contributed by atoms with Crippen LogP contribution in [0.3, 0.4) is 0 Å². The maximum absolute atomic E-state index is 6.28. The molecule has 0 bridgehead atoms. The highest BCUT2D eigenvalue weighted by atomic mass is 35.5. The molecule has 0 saturated carbocycles. The van der Waals surface area contributed by atoms with Crippen LogP contribution in [0.1, 0.15) is 41.5 Å². The molecular formula is C19H21ClN2. The number of halogens is 1. The van der Waals surface area contributed by atoms with Gasteiger partial charge in [0, 0.05) is 22.7 Å². The van der Waals surface area contributed by atoms with E-state index < -0.39 is 0 Å². The molecule has 2 N–H and O–H groups in total. The van der Waals surface area contributed by atoms with Gasteiger partial charge in [-0.05, 0) is 73.3 Å². The van der Waals surface area contributed by atoms with E-state index in [1.165, 1.54) is 29.5 Å². The third-order valence-corrected chi connectivity index (χ3v) is 5.56. The van der Waals surface area contributed by atoms with E-state index in [1.807, 2.05) is 12.1 Å². The molecule has 0 spiro atoms. The Morgan fingerprint density at radius 3 is 2.82 bits per heavy atom. The summed E-state index contributed by atoms with van der Waals surface area (Å²) in [7, 11) is 2.24. The molecule has 2 aromatic carbocycles. The van der Waals surface area contributed by atoms with Crippen molar-refractivity contribution in [2.45, 2.75) is 24.8 Å². The summed E-state index contributed by atoms with van der Waals surface area (Å²) >= 11 is 6.28. The average molecular weight is 313 g/mol. The van der Waals surface area contributed by atoms with Crippen LogP contribution in [-0.2, 0) is 0 Å².